The molecule has 1 unspecified atom stereocenters. The van der Waals surface area contributed by atoms with Gasteiger partial charge in [0, 0.05) is 6.20 Å². The first-order valence-corrected chi connectivity index (χ1v) is 7.76. The molecule has 1 aromatic heterocycles. The zero-order valence-electron chi connectivity index (χ0n) is 12.6. The molecule has 3 N–H and O–H groups in total. The molecule has 7 heteroatoms. The van der Waals surface area contributed by atoms with E-state index in [0.717, 1.165) is 11.1 Å². The summed E-state index contributed by atoms with van der Waals surface area (Å²) in [7, 11) is 0. The van der Waals surface area contributed by atoms with Gasteiger partial charge in [-0.15, -0.1) is 0 Å². The average Bonchev–Trinajstić information content (AvgIpc) is 2.53. The molecule has 0 radical (unpaired) electrons. The number of nitrogens with zero attached hydrogens (tertiary/aromatic N) is 1. The van der Waals surface area contributed by atoms with E-state index in [2.05, 4.69) is 10.3 Å². The number of nitrogens with one attached hydrogen (secondary N) is 1. The Kier molecular flexibility index (Phi) is 6.21. The van der Waals surface area contributed by atoms with Crippen LogP contribution in [0.1, 0.15) is 17.2 Å². The molecule has 1 aromatic carbocycles. The van der Waals surface area contributed by atoms with Crippen LogP contribution in [0.5, 0.6) is 5.88 Å². The topological polar surface area (TPSA) is 77.2 Å². The number of rotatable bonds is 6. The lowest BCUT2D eigenvalue weighted by atomic mass is 10.1. The van der Waals surface area contributed by atoms with Gasteiger partial charge in [0.15, 0.2) is 0 Å². The highest BCUT2D eigenvalue weighted by molar-refractivity contribution is 6.35. The van der Waals surface area contributed by atoms with Gasteiger partial charge in [0.2, 0.25) is 11.8 Å². The Morgan fingerprint density at radius 1 is 1.35 bits per heavy atom. The molecule has 0 saturated heterocycles. The van der Waals surface area contributed by atoms with Crippen molar-refractivity contribution in [2.75, 3.05) is 13.2 Å². The lowest BCUT2D eigenvalue weighted by Gasteiger charge is -2.13. The first-order valence-electron chi connectivity index (χ1n) is 7.01. The molecule has 0 bridgehead atoms. The van der Waals surface area contributed by atoms with E-state index in [0.29, 0.717) is 16.6 Å². The molecule has 2 aromatic rings. The number of carbonyl (C=O) groups is 1. The molecular weight excluding hydrogens is 337 g/mol. The summed E-state index contributed by atoms with van der Waals surface area (Å²) in [5, 5.41) is 3.46. The van der Waals surface area contributed by atoms with Crippen LogP contribution < -0.4 is 15.8 Å². The normalized spacial score (nSPS) is 11.8. The summed E-state index contributed by atoms with van der Waals surface area (Å²) >= 11 is 11.7. The van der Waals surface area contributed by atoms with Crippen molar-refractivity contribution in [3.05, 3.63) is 57.7 Å². The predicted octanol–water partition coefficient (Wildman–Crippen LogP) is 2.89. The Labute approximate surface area is 144 Å². The number of halogens is 2. The Morgan fingerprint density at radius 3 is 2.70 bits per heavy atom. The van der Waals surface area contributed by atoms with Crippen molar-refractivity contribution >= 4 is 29.1 Å². The van der Waals surface area contributed by atoms with Gasteiger partial charge < -0.3 is 15.8 Å². The maximum atomic E-state index is 12.0. The smallest absolute Gasteiger partial charge is 0.241 e. The van der Waals surface area contributed by atoms with Crippen molar-refractivity contribution in [1.82, 2.24) is 10.3 Å². The van der Waals surface area contributed by atoms with Crippen LogP contribution in [0.4, 0.5) is 0 Å². The SMILES string of the molecule is Cc1ccc(C(N)C(=O)NCCOc2ncc(Cl)cc2Cl)cc1. The lowest BCUT2D eigenvalue weighted by Crippen LogP contribution is -2.36. The van der Waals surface area contributed by atoms with Gasteiger partial charge in [-0.05, 0) is 18.6 Å². The van der Waals surface area contributed by atoms with Crippen LogP contribution in [-0.4, -0.2) is 24.0 Å². The fraction of sp³-hybridized carbons (Fsp3) is 0.250. The zero-order chi connectivity index (χ0) is 16.8. The van der Waals surface area contributed by atoms with Crippen LogP contribution in [0.2, 0.25) is 10.0 Å². The lowest BCUT2D eigenvalue weighted by molar-refractivity contribution is -0.122. The van der Waals surface area contributed by atoms with Crippen molar-refractivity contribution in [3.8, 4) is 5.88 Å². The standard InChI is InChI=1S/C16H17Cl2N3O2/c1-10-2-4-11(5-3-10)14(19)15(22)20-6-7-23-16-13(18)8-12(17)9-21-16/h2-5,8-9,14H,6-7,19H2,1H3,(H,20,22). The number of hydrogen-bond acceptors (Lipinski definition) is 4. The van der Waals surface area contributed by atoms with E-state index in [1.807, 2.05) is 31.2 Å². The minimum Gasteiger partial charge on any atom is -0.475 e. The number of aryl methyl sites for hydroxylation is 1. The van der Waals surface area contributed by atoms with Crippen LogP contribution in [0, 0.1) is 6.92 Å². The van der Waals surface area contributed by atoms with Gasteiger partial charge in [0.1, 0.15) is 17.7 Å². The van der Waals surface area contributed by atoms with Gasteiger partial charge in [-0.25, -0.2) is 4.98 Å². The van der Waals surface area contributed by atoms with Crippen LogP contribution in [0.25, 0.3) is 0 Å². The number of pyridine rings is 1. The van der Waals surface area contributed by atoms with E-state index in [1.54, 1.807) is 0 Å². The van der Waals surface area contributed by atoms with Crippen molar-refractivity contribution in [2.24, 2.45) is 5.73 Å². The first-order chi connectivity index (χ1) is 11.0. The molecule has 2 rings (SSSR count). The Balaban J connectivity index is 1.79. The summed E-state index contributed by atoms with van der Waals surface area (Å²) in [4.78, 5) is 16.0. The summed E-state index contributed by atoms with van der Waals surface area (Å²) < 4.78 is 5.39. The summed E-state index contributed by atoms with van der Waals surface area (Å²) in [5.74, 6) is 0.000707. The largest absolute Gasteiger partial charge is 0.475 e. The minimum absolute atomic E-state index is 0.223. The van der Waals surface area contributed by atoms with Gasteiger partial charge in [-0.3, -0.25) is 4.79 Å². The molecule has 1 heterocycles. The van der Waals surface area contributed by atoms with Crippen molar-refractivity contribution in [3.63, 3.8) is 0 Å². The molecule has 1 amide bonds. The highest BCUT2D eigenvalue weighted by Crippen LogP contribution is 2.24. The Hall–Kier alpha value is -1.82. The number of carbonyl (C=O) groups excluding carboxylic acids is 1. The predicted molar refractivity (Wildman–Crippen MR) is 90.9 cm³/mol. The number of amides is 1. The number of benzene rings is 1. The molecule has 0 aliphatic rings. The Bertz CT molecular complexity index is 678. The summed E-state index contributed by atoms with van der Waals surface area (Å²) in [6.07, 6.45) is 1.44. The van der Waals surface area contributed by atoms with Crippen LogP contribution in [-0.2, 0) is 4.79 Å². The van der Waals surface area contributed by atoms with Crippen molar-refractivity contribution in [1.29, 1.82) is 0 Å². The fourth-order valence-corrected chi connectivity index (χ4v) is 2.30. The summed E-state index contributed by atoms with van der Waals surface area (Å²) in [5.41, 5.74) is 7.80. The van der Waals surface area contributed by atoms with Gasteiger partial charge in [0.25, 0.3) is 0 Å². The van der Waals surface area contributed by atoms with E-state index in [1.165, 1.54) is 12.3 Å². The molecule has 5 nitrogen and oxygen atoms in total. The number of hydrogen-bond donors (Lipinski definition) is 2. The fourth-order valence-electron chi connectivity index (χ4n) is 1.87. The molecule has 0 aliphatic heterocycles. The number of nitrogens with two attached hydrogens (primary N) is 1. The molecule has 0 spiro atoms. The molecular formula is C16H17Cl2N3O2. The van der Waals surface area contributed by atoms with Crippen LogP contribution in [0.3, 0.4) is 0 Å². The highest BCUT2D eigenvalue weighted by Gasteiger charge is 2.15. The van der Waals surface area contributed by atoms with Gasteiger partial charge in [0.05, 0.1) is 11.6 Å². The monoisotopic (exact) mass is 353 g/mol. The first kappa shape index (κ1) is 17.5. The van der Waals surface area contributed by atoms with Crippen molar-refractivity contribution < 1.29 is 9.53 Å². The number of ether oxygens (including phenoxy) is 1. The van der Waals surface area contributed by atoms with E-state index in [4.69, 9.17) is 33.7 Å². The maximum absolute atomic E-state index is 12.0. The second-order valence-electron chi connectivity index (χ2n) is 4.97. The molecule has 1 atom stereocenters. The third-order valence-corrected chi connectivity index (χ3v) is 3.61. The third kappa shape index (κ3) is 5.10. The zero-order valence-corrected chi connectivity index (χ0v) is 14.1. The van der Waals surface area contributed by atoms with Gasteiger partial charge >= 0.3 is 0 Å². The maximum Gasteiger partial charge on any atom is 0.241 e. The number of aromatic nitrogens is 1. The second-order valence-corrected chi connectivity index (χ2v) is 5.81. The van der Waals surface area contributed by atoms with E-state index in [9.17, 15) is 4.79 Å². The average molecular weight is 354 g/mol. The summed E-state index contributed by atoms with van der Waals surface area (Å²) in [6, 6.07) is 8.34. The van der Waals surface area contributed by atoms with Gasteiger partial charge in [-0.1, -0.05) is 53.0 Å². The van der Waals surface area contributed by atoms with Crippen molar-refractivity contribution in [2.45, 2.75) is 13.0 Å². The van der Waals surface area contributed by atoms with Gasteiger partial charge in [-0.2, -0.15) is 0 Å². The second kappa shape index (κ2) is 8.15. The van der Waals surface area contributed by atoms with E-state index >= 15 is 0 Å². The molecule has 23 heavy (non-hydrogen) atoms. The molecule has 0 fully saturated rings. The Morgan fingerprint density at radius 2 is 2.04 bits per heavy atom. The summed E-state index contributed by atoms with van der Waals surface area (Å²) in [6.45, 7) is 2.49. The molecule has 0 aliphatic carbocycles. The van der Waals surface area contributed by atoms with E-state index < -0.39 is 6.04 Å². The molecule has 122 valence electrons. The minimum atomic E-state index is -0.715. The quantitative estimate of drug-likeness (QED) is 0.782. The third-order valence-electron chi connectivity index (χ3n) is 3.13. The molecule has 0 saturated carbocycles. The van der Waals surface area contributed by atoms with Crippen LogP contribution in [0.15, 0.2) is 36.5 Å². The van der Waals surface area contributed by atoms with Crippen LogP contribution >= 0.6 is 23.2 Å². The van der Waals surface area contributed by atoms with E-state index in [-0.39, 0.29) is 18.4 Å². The highest BCUT2D eigenvalue weighted by atomic mass is 35.5.